The number of benzene rings is 3. The summed E-state index contributed by atoms with van der Waals surface area (Å²) in [6.45, 7) is 5.66. The molecule has 0 amide bonds. The van der Waals surface area contributed by atoms with Gasteiger partial charge in [-0.15, -0.1) is 0 Å². The van der Waals surface area contributed by atoms with E-state index < -0.39 is 17.6 Å². The van der Waals surface area contributed by atoms with Crippen LogP contribution in [0.25, 0.3) is 0 Å². The number of ketones is 2. The first-order valence-corrected chi connectivity index (χ1v) is 10.4. The summed E-state index contributed by atoms with van der Waals surface area (Å²) in [5.74, 6) is -1.36. The minimum Gasteiger partial charge on any atom is -0.293 e. The average Bonchev–Trinajstić information content (AvgIpc) is 2.79. The number of carbonyl (C=O) groups is 2. The van der Waals surface area contributed by atoms with E-state index in [-0.39, 0.29) is 18.0 Å². The molecule has 4 nitrogen and oxygen atoms in total. The maximum Gasteiger partial charge on any atom is 0.173 e. The highest BCUT2D eigenvalue weighted by Crippen LogP contribution is 2.31. The van der Waals surface area contributed by atoms with E-state index in [9.17, 15) is 9.59 Å². The largest absolute Gasteiger partial charge is 0.293 e. The van der Waals surface area contributed by atoms with Crippen LogP contribution in [0.1, 0.15) is 59.6 Å². The molecule has 0 heterocycles. The Morgan fingerprint density at radius 1 is 0.710 bits per heavy atom. The third-order valence-corrected chi connectivity index (χ3v) is 4.78. The fraction of sp³-hybridized carbons (Fsp3) is 0.259. The summed E-state index contributed by atoms with van der Waals surface area (Å²) in [5.41, 5.74) is 1.31. The van der Waals surface area contributed by atoms with Gasteiger partial charge in [-0.1, -0.05) is 91.0 Å². The molecule has 0 saturated carbocycles. The van der Waals surface area contributed by atoms with Gasteiger partial charge in [0.05, 0.1) is 11.5 Å². The third kappa shape index (κ3) is 6.45. The number of carbonyl (C=O) groups excluding carboxylic acids is 2. The summed E-state index contributed by atoms with van der Waals surface area (Å²) in [6.07, 6.45) is -0.410. The van der Waals surface area contributed by atoms with Gasteiger partial charge >= 0.3 is 0 Å². The van der Waals surface area contributed by atoms with Gasteiger partial charge in [-0.2, -0.15) is 0 Å². The van der Waals surface area contributed by atoms with E-state index in [0.29, 0.717) is 11.1 Å². The molecule has 3 aromatic rings. The first-order valence-electron chi connectivity index (χ1n) is 10.4. The topological polar surface area (TPSA) is 52.6 Å². The van der Waals surface area contributed by atoms with Crippen molar-refractivity contribution in [2.45, 2.75) is 38.9 Å². The minimum atomic E-state index is -0.904. The predicted molar refractivity (Wildman–Crippen MR) is 121 cm³/mol. The molecule has 3 rings (SSSR count). The molecule has 0 aromatic heterocycles. The lowest BCUT2D eigenvalue weighted by Gasteiger charge is -2.26. The zero-order valence-corrected chi connectivity index (χ0v) is 18.2. The molecule has 0 N–H and O–H groups in total. The SMILES string of the molecule is CC(C)(C)OOC(CC(C(=O)c1ccccc1)C(=O)c1ccccc1)c1ccccc1. The van der Waals surface area contributed by atoms with Crippen molar-refractivity contribution in [1.82, 2.24) is 0 Å². The molecular formula is C27H28O4. The standard InChI is InChI=1S/C27H28O4/c1-27(2,3)31-30-24(20-13-7-4-8-14-20)19-23(25(28)21-15-9-5-10-16-21)26(29)22-17-11-6-12-18-22/h4-18,23-24H,19H2,1-3H3. The lowest BCUT2D eigenvalue weighted by molar-refractivity contribution is -0.377. The van der Waals surface area contributed by atoms with E-state index in [1.807, 2.05) is 63.2 Å². The molecule has 3 aromatic carbocycles. The summed E-state index contributed by atoms with van der Waals surface area (Å²) in [5, 5.41) is 0. The normalized spacial score (nSPS) is 12.5. The van der Waals surface area contributed by atoms with Crippen molar-refractivity contribution in [1.29, 1.82) is 0 Å². The van der Waals surface area contributed by atoms with Gasteiger partial charge in [0.1, 0.15) is 6.10 Å². The van der Waals surface area contributed by atoms with Crippen molar-refractivity contribution >= 4 is 11.6 Å². The van der Waals surface area contributed by atoms with Gasteiger partial charge in [-0.3, -0.25) is 9.59 Å². The Morgan fingerprint density at radius 3 is 1.55 bits per heavy atom. The Kier molecular flexibility index (Phi) is 7.50. The van der Waals surface area contributed by atoms with E-state index in [1.165, 1.54) is 0 Å². The first kappa shape index (κ1) is 22.6. The molecule has 4 heteroatoms. The monoisotopic (exact) mass is 416 g/mol. The number of Topliss-reactive ketones (excluding diaryl/α,β-unsaturated/α-hetero) is 2. The van der Waals surface area contributed by atoms with Crippen LogP contribution in [0.15, 0.2) is 91.0 Å². The van der Waals surface area contributed by atoms with E-state index in [1.54, 1.807) is 48.5 Å². The van der Waals surface area contributed by atoms with Crippen molar-refractivity contribution in [2.24, 2.45) is 5.92 Å². The Bertz CT molecular complexity index is 925. The Balaban J connectivity index is 1.95. The maximum atomic E-state index is 13.4. The number of hydrogen-bond donors (Lipinski definition) is 0. The van der Waals surface area contributed by atoms with Crippen LogP contribution in [0.4, 0.5) is 0 Å². The molecule has 31 heavy (non-hydrogen) atoms. The van der Waals surface area contributed by atoms with E-state index in [2.05, 4.69) is 0 Å². The molecule has 1 atom stereocenters. The molecule has 0 aliphatic rings. The molecule has 0 aliphatic carbocycles. The van der Waals surface area contributed by atoms with Crippen LogP contribution >= 0.6 is 0 Å². The van der Waals surface area contributed by atoms with Crippen LogP contribution in [0, 0.1) is 5.92 Å². The lowest BCUT2D eigenvalue weighted by Crippen LogP contribution is -2.29. The highest BCUT2D eigenvalue weighted by atomic mass is 17.2. The molecule has 0 radical (unpaired) electrons. The van der Waals surface area contributed by atoms with Crippen LogP contribution in [0.5, 0.6) is 0 Å². The highest BCUT2D eigenvalue weighted by Gasteiger charge is 2.33. The Morgan fingerprint density at radius 2 is 1.13 bits per heavy atom. The van der Waals surface area contributed by atoms with Crippen molar-refractivity contribution in [3.8, 4) is 0 Å². The second kappa shape index (κ2) is 10.3. The zero-order valence-electron chi connectivity index (χ0n) is 18.2. The van der Waals surface area contributed by atoms with Crippen LogP contribution in [-0.4, -0.2) is 17.2 Å². The average molecular weight is 417 g/mol. The van der Waals surface area contributed by atoms with Crippen molar-refractivity contribution < 1.29 is 19.4 Å². The summed E-state index contributed by atoms with van der Waals surface area (Å²) in [4.78, 5) is 38.2. The van der Waals surface area contributed by atoms with Crippen molar-refractivity contribution in [3.05, 3.63) is 108 Å². The predicted octanol–water partition coefficient (Wildman–Crippen LogP) is 6.25. The molecule has 1 unspecified atom stereocenters. The first-order chi connectivity index (χ1) is 14.8. The van der Waals surface area contributed by atoms with Gasteiger partial charge in [-0.05, 0) is 32.8 Å². The van der Waals surface area contributed by atoms with Crippen molar-refractivity contribution in [3.63, 3.8) is 0 Å². The van der Waals surface area contributed by atoms with Crippen molar-refractivity contribution in [2.75, 3.05) is 0 Å². The summed E-state index contributed by atoms with van der Waals surface area (Å²) in [7, 11) is 0. The third-order valence-electron chi connectivity index (χ3n) is 4.78. The summed E-state index contributed by atoms with van der Waals surface area (Å²) >= 11 is 0. The van der Waals surface area contributed by atoms with Gasteiger partial charge in [0.2, 0.25) is 0 Å². The van der Waals surface area contributed by atoms with Crippen LogP contribution < -0.4 is 0 Å². The smallest absolute Gasteiger partial charge is 0.173 e. The number of hydrogen-bond acceptors (Lipinski definition) is 4. The Hall–Kier alpha value is -3.08. The van der Waals surface area contributed by atoms with Crippen LogP contribution in [-0.2, 0) is 9.78 Å². The second-order valence-electron chi connectivity index (χ2n) is 8.44. The van der Waals surface area contributed by atoms with Crippen LogP contribution in [0.3, 0.4) is 0 Å². The number of rotatable bonds is 9. The fourth-order valence-electron chi connectivity index (χ4n) is 3.26. The molecule has 0 fully saturated rings. The summed E-state index contributed by atoms with van der Waals surface area (Å²) in [6, 6.07) is 27.3. The minimum absolute atomic E-state index is 0.168. The highest BCUT2D eigenvalue weighted by molar-refractivity contribution is 6.16. The van der Waals surface area contributed by atoms with E-state index in [0.717, 1.165) is 5.56 Å². The van der Waals surface area contributed by atoms with Gasteiger partial charge < -0.3 is 0 Å². The van der Waals surface area contributed by atoms with E-state index >= 15 is 0 Å². The molecule has 0 spiro atoms. The fourth-order valence-corrected chi connectivity index (χ4v) is 3.26. The molecule has 0 aliphatic heterocycles. The maximum absolute atomic E-state index is 13.4. The lowest BCUT2D eigenvalue weighted by atomic mass is 9.84. The summed E-state index contributed by atoms with van der Waals surface area (Å²) < 4.78 is 0. The van der Waals surface area contributed by atoms with Gasteiger partial charge in [0, 0.05) is 11.1 Å². The molecular weight excluding hydrogens is 388 g/mol. The molecule has 160 valence electrons. The zero-order chi connectivity index (χ0) is 22.3. The van der Waals surface area contributed by atoms with Gasteiger partial charge in [-0.25, -0.2) is 9.78 Å². The second-order valence-corrected chi connectivity index (χ2v) is 8.44. The molecule has 0 bridgehead atoms. The van der Waals surface area contributed by atoms with Gasteiger partial charge in [0.25, 0.3) is 0 Å². The van der Waals surface area contributed by atoms with Crippen LogP contribution in [0.2, 0.25) is 0 Å². The Labute approximate surface area is 183 Å². The molecule has 0 saturated heterocycles. The quantitative estimate of drug-likeness (QED) is 0.179. The van der Waals surface area contributed by atoms with Gasteiger partial charge in [0.15, 0.2) is 11.6 Å². The van der Waals surface area contributed by atoms with E-state index in [4.69, 9.17) is 9.78 Å².